The fourth-order valence-corrected chi connectivity index (χ4v) is 2.10. The Bertz CT molecular complexity index is 642. The van der Waals surface area contributed by atoms with Crippen LogP contribution in [0, 0.1) is 0 Å². The molecule has 124 valence electrons. The van der Waals surface area contributed by atoms with Gasteiger partial charge in [-0.25, -0.2) is 0 Å². The van der Waals surface area contributed by atoms with Gasteiger partial charge in [-0.15, -0.1) is 0 Å². The van der Waals surface area contributed by atoms with Crippen molar-refractivity contribution < 1.29 is 22.7 Å². The first-order valence-corrected chi connectivity index (χ1v) is 6.83. The van der Waals surface area contributed by atoms with Crippen LogP contribution in [0.4, 0.5) is 13.2 Å². The first kappa shape index (κ1) is 17.0. The number of methoxy groups -OCH3 is 1. The molecule has 0 aliphatic rings. The van der Waals surface area contributed by atoms with Gasteiger partial charge in [-0.05, 0) is 23.8 Å². The van der Waals surface area contributed by atoms with Gasteiger partial charge >= 0.3 is 6.18 Å². The summed E-state index contributed by atoms with van der Waals surface area (Å²) in [5.41, 5.74) is -0.437. The fourth-order valence-electron chi connectivity index (χ4n) is 2.10. The summed E-state index contributed by atoms with van der Waals surface area (Å²) in [7, 11) is 1.42. The Morgan fingerprint density at radius 2 is 2.17 bits per heavy atom. The van der Waals surface area contributed by atoms with Crippen molar-refractivity contribution in [3.05, 3.63) is 53.9 Å². The molecule has 1 amide bonds. The lowest BCUT2D eigenvalue weighted by molar-refractivity contribution is -0.137. The number of hydrogen-bond donors (Lipinski definition) is 1. The highest BCUT2D eigenvalue weighted by Crippen LogP contribution is 2.30. The number of carbonyl (C=O) groups excluding carboxylic acids is 1. The SMILES string of the molecule is COC[C@H](NC(=O)Cn1cccn1)c1cccc(C(F)(F)F)c1. The van der Waals surface area contributed by atoms with Gasteiger partial charge in [0.15, 0.2) is 0 Å². The predicted octanol–water partition coefficient (Wildman–Crippen LogP) is 2.41. The number of halogens is 3. The molecule has 0 unspecified atom stereocenters. The lowest BCUT2D eigenvalue weighted by Gasteiger charge is -2.19. The lowest BCUT2D eigenvalue weighted by Crippen LogP contribution is -2.34. The van der Waals surface area contributed by atoms with Crippen LogP contribution in [0.15, 0.2) is 42.7 Å². The van der Waals surface area contributed by atoms with Crippen molar-refractivity contribution in [2.24, 2.45) is 0 Å². The van der Waals surface area contributed by atoms with E-state index < -0.39 is 17.8 Å². The number of aromatic nitrogens is 2. The molecule has 5 nitrogen and oxygen atoms in total. The van der Waals surface area contributed by atoms with Crippen molar-refractivity contribution in [2.75, 3.05) is 13.7 Å². The van der Waals surface area contributed by atoms with Crippen molar-refractivity contribution in [3.63, 3.8) is 0 Å². The summed E-state index contributed by atoms with van der Waals surface area (Å²) < 4.78 is 44.8. The summed E-state index contributed by atoms with van der Waals surface area (Å²) in [4.78, 5) is 12.0. The normalized spacial score (nSPS) is 12.9. The second kappa shape index (κ2) is 7.28. The van der Waals surface area contributed by atoms with Crippen molar-refractivity contribution in [1.29, 1.82) is 0 Å². The molecule has 1 atom stereocenters. The molecule has 0 fully saturated rings. The molecular formula is C15H16F3N3O2. The quantitative estimate of drug-likeness (QED) is 0.886. The number of rotatable bonds is 6. The van der Waals surface area contributed by atoms with Crippen LogP contribution in [-0.2, 0) is 22.3 Å². The maximum absolute atomic E-state index is 12.8. The molecule has 0 bridgehead atoms. The van der Waals surface area contributed by atoms with Crippen LogP contribution in [0.3, 0.4) is 0 Å². The first-order valence-electron chi connectivity index (χ1n) is 6.83. The Morgan fingerprint density at radius 3 is 2.78 bits per heavy atom. The molecule has 0 radical (unpaired) electrons. The highest BCUT2D eigenvalue weighted by Gasteiger charge is 2.31. The van der Waals surface area contributed by atoms with Crippen LogP contribution in [-0.4, -0.2) is 29.4 Å². The minimum atomic E-state index is -4.44. The van der Waals surface area contributed by atoms with Crippen LogP contribution in [0.25, 0.3) is 0 Å². The molecular weight excluding hydrogens is 311 g/mol. The number of hydrogen-bond acceptors (Lipinski definition) is 3. The van der Waals surface area contributed by atoms with E-state index in [1.807, 2.05) is 0 Å². The summed E-state index contributed by atoms with van der Waals surface area (Å²) in [5, 5.41) is 6.56. The Kier molecular flexibility index (Phi) is 5.38. The van der Waals surface area contributed by atoms with Crippen molar-refractivity contribution in [1.82, 2.24) is 15.1 Å². The van der Waals surface area contributed by atoms with E-state index in [2.05, 4.69) is 10.4 Å². The zero-order valence-electron chi connectivity index (χ0n) is 12.4. The topological polar surface area (TPSA) is 56.1 Å². The molecule has 0 saturated carbocycles. The molecule has 2 aromatic rings. The van der Waals surface area contributed by atoms with Crippen LogP contribution >= 0.6 is 0 Å². The number of carbonyl (C=O) groups is 1. The van der Waals surface area contributed by atoms with Gasteiger partial charge in [0.2, 0.25) is 5.91 Å². The second-order valence-electron chi connectivity index (χ2n) is 4.90. The molecule has 23 heavy (non-hydrogen) atoms. The number of amides is 1. The molecule has 1 aromatic carbocycles. The highest BCUT2D eigenvalue weighted by molar-refractivity contribution is 5.76. The first-order chi connectivity index (χ1) is 10.9. The number of benzene rings is 1. The zero-order chi connectivity index (χ0) is 16.9. The third kappa shape index (κ3) is 4.82. The summed E-state index contributed by atoms with van der Waals surface area (Å²) in [6, 6.07) is 5.82. The number of nitrogens with zero attached hydrogens (tertiary/aromatic N) is 2. The standard InChI is InChI=1S/C15H16F3N3O2/c1-23-10-13(20-14(22)9-21-7-3-6-19-21)11-4-2-5-12(8-11)15(16,17)18/h2-8,13H,9-10H2,1H3,(H,20,22)/t13-/m0/s1. The van der Waals surface area contributed by atoms with Crippen LogP contribution in [0.2, 0.25) is 0 Å². The Labute approximate surface area is 131 Å². The van der Waals surface area contributed by atoms with E-state index in [9.17, 15) is 18.0 Å². The van der Waals surface area contributed by atoms with E-state index in [0.29, 0.717) is 5.56 Å². The van der Waals surface area contributed by atoms with E-state index in [1.165, 1.54) is 30.1 Å². The average Bonchev–Trinajstić information content (AvgIpc) is 2.99. The summed E-state index contributed by atoms with van der Waals surface area (Å²) in [6.07, 6.45) is -1.28. The Balaban J connectivity index is 2.13. The van der Waals surface area contributed by atoms with Crippen molar-refractivity contribution >= 4 is 5.91 Å². The third-order valence-corrected chi connectivity index (χ3v) is 3.15. The molecule has 0 spiro atoms. The Morgan fingerprint density at radius 1 is 1.39 bits per heavy atom. The number of alkyl halides is 3. The minimum Gasteiger partial charge on any atom is -0.382 e. The van der Waals surface area contributed by atoms with Gasteiger partial charge < -0.3 is 10.1 Å². The van der Waals surface area contributed by atoms with Crippen molar-refractivity contribution in [2.45, 2.75) is 18.8 Å². The van der Waals surface area contributed by atoms with Gasteiger partial charge in [-0.3, -0.25) is 9.48 Å². The molecule has 1 N–H and O–H groups in total. The van der Waals surface area contributed by atoms with Crippen LogP contribution < -0.4 is 5.32 Å². The molecule has 1 aromatic heterocycles. The molecule has 2 rings (SSSR count). The molecule has 0 saturated heterocycles. The van der Waals surface area contributed by atoms with Crippen LogP contribution in [0.1, 0.15) is 17.2 Å². The molecule has 1 heterocycles. The zero-order valence-corrected chi connectivity index (χ0v) is 12.4. The van der Waals surface area contributed by atoms with E-state index in [1.54, 1.807) is 12.3 Å². The van der Waals surface area contributed by atoms with E-state index >= 15 is 0 Å². The average molecular weight is 327 g/mol. The van der Waals surface area contributed by atoms with Crippen LogP contribution in [0.5, 0.6) is 0 Å². The predicted molar refractivity (Wildman–Crippen MR) is 76.4 cm³/mol. The number of nitrogens with one attached hydrogen (secondary N) is 1. The van der Waals surface area contributed by atoms with Crippen molar-refractivity contribution in [3.8, 4) is 0 Å². The smallest absolute Gasteiger partial charge is 0.382 e. The molecule has 0 aliphatic carbocycles. The maximum Gasteiger partial charge on any atom is 0.416 e. The Hall–Kier alpha value is -2.35. The summed E-state index contributed by atoms with van der Waals surface area (Å²) in [5.74, 6) is -0.367. The lowest BCUT2D eigenvalue weighted by atomic mass is 10.0. The largest absolute Gasteiger partial charge is 0.416 e. The third-order valence-electron chi connectivity index (χ3n) is 3.15. The number of ether oxygens (including phenoxy) is 1. The second-order valence-corrected chi connectivity index (χ2v) is 4.90. The van der Waals surface area contributed by atoms with E-state index in [0.717, 1.165) is 12.1 Å². The van der Waals surface area contributed by atoms with Gasteiger partial charge in [0.05, 0.1) is 18.2 Å². The van der Waals surface area contributed by atoms with E-state index in [4.69, 9.17) is 4.74 Å². The summed E-state index contributed by atoms with van der Waals surface area (Å²) in [6.45, 7) is 0.0400. The van der Waals surface area contributed by atoms with Gasteiger partial charge in [0.25, 0.3) is 0 Å². The molecule has 8 heteroatoms. The van der Waals surface area contributed by atoms with E-state index in [-0.39, 0.29) is 19.1 Å². The van der Waals surface area contributed by atoms with Gasteiger partial charge in [-0.2, -0.15) is 18.3 Å². The fraction of sp³-hybridized carbons (Fsp3) is 0.333. The highest BCUT2D eigenvalue weighted by atomic mass is 19.4. The van der Waals surface area contributed by atoms with Gasteiger partial charge in [0.1, 0.15) is 6.54 Å². The molecule has 0 aliphatic heterocycles. The maximum atomic E-state index is 12.8. The monoisotopic (exact) mass is 327 g/mol. The van der Waals surface area contributed by atoms with Gasteiger partial charge in [-0.1, -0.05) is 12.1 Å². The summed E-state index contributed by atoms with van der Waals surface area (Å²) >= 11 is 0. The minimum absolute atomic E-state index is 0.0217. The van der Waals surface area contributed by atoms with Gasteiger partial charge in [0, 0.05) is 19.5 Å².